The van der Waals surface area contributed by atoms with Gasteiger partial charge in [-0.1, -0.05) is 32.9 Å². The summed E-state index contributed by atoms with van der Waals surface area (Å²) in [6, 6.07) is 9.61. The molecular weight excluding hydrogens is 528 g/mol. The molecular formula is C32H48N8O2. The Kier molecular flexibility index (Phi) is 10.4. The van der Waals surface area contributed by atoms with Crippen LogP contribution in [0.1, 0.15) is 59.1 Å². The van der Waals surface area contributed by atoms with Gasteiger partial charge < -0.3 is 25.6 Å². The summed E-state index contributed by atoms with van der Waals surface area (Å²) in [5.74, 6) is 6.82. The fourth-order valence-corrected chi connectivity index (χ4v) is 4.61. The Labute approximate surface area is 250 Å². The van der Waals surface area contributed by atoms with E-state index in [1.165, 1.54) is 5.01 Å². The first-order valence-corrected chi connectivity index (χ1v) is 14.1. The monoisotopic (exact) mass is 576 g/mol. The van der Waals surface area contributed by atoms with Crippen LogP contribution in [0.15, 0.2) is 42.7 Å². The molecule has 0 radical (unpaired) electrons. The topological polar surface area (TPSA) is 118 Å². The Morgan fingerprint density at radius 3 is 2.38 bits per heavy atom. The van der Waals surface area contributed by atoms with Crippen LogP contribution in [0.4, 0.5) is 11.4 Å². The fourth-order valence-electron chi connectivity index (χ4n) is 4.61. The van der Waals surface area contributed by atoms with Crippen molar-refractivity contribution >= 4 is 23.0 Å². The average Bonchev–Trinajstić information content (AvgIpc) is 3.24. The molecule has 10 nitrogen and oxygen atoms in total. The second kappa shape index (κ2) is 13.4. The summed E-state index contributed by atoms with van der Waals surface area (Å²) in [7, 11) is 9.72. The number of likely N-dealkylation sites (N-methyl/N-ethyl adjacent to an activating group) is 2. The molecule has 0 atom stereocenters. The molecule has 0 bridgehead atoms. The number of benzene rings is 2. The molecule has 0 aliphatic rings. The van der Waals surface area contributed by atoms with Crippen LogP contribution < -0.4 is 26.6 Å². The molecule has 0 saturated heterocycles. The number of rotatable bonds is 11. The molecule has 0 saturated carbocycles. The van der Waals surface area contributed by atoms with Crippen LogP contribution in [0.5, 0.6) is 5.75 Å². The fraction of sp³-hybridized carbons (Fsp3) is 0.438. The van der Waals surface area contributed by atoms with Crippen molar-refractivity contribution in [2.24, 2.45) is 18.6 Å². The highest BCUT2D eigenvalue weighted by atomic mass is 16.5. The minimum Gasteiger partial charge on any atom is -0.494 e. The zero-order valence-electron chi connectivity index (χ0n) is 26.9. The SMILES string of the molecule is COc1c(CN(C)CCN(C)C)cc(C(C)(C)C)cc1NC(=O)c1ccc(C)c(N(N)/C=C(\N)c2cnn(C)c2C)c1. The lowest BCUT2D eigenvalue weighted by atomic mass is 9.85. The first-order chi connectivity index (χ1) is 19.6. The number of aryl methyl sites for hydroxylation is 2. The van der Waals surface area contributed by atoms with E-state index in [-0.39, 0.29) is 11.3 Å². The largest absolute Gasteiger partial charge is 0.494 e. The maximum absolute atomic E-state index is 13.6. The molecule has 2 aromatic carbocycles. The maximum Gasteiger partial charge on any atom is 0.255 e. The highest BCUT2D eigenvalue weighted by molar-refractivity contribution is 6.06. The lowest BCUT2D eigenvalue weighted by Crippen LogP contribution is -2.28. The first-order valence-electron chi connectivity index (χ1n) is 14.1. The van der Waals surface area contributed by atoms with E-state index in [4.69, 9.17) is 16.3 Å². The summed E-state index contributed by atoms with van der Waals surface area (Å²) in [5, 5.41) is 8.81. The number of aromatic nitrogens is 2. The molecule has 0 unspecified atom stereocenters. The highest BCUT2D eigenvalue weighted by Crippen LogP contribution is 2.36. The predicted molar refractivity (Wildman–Crippen MR) is 172 cm³/mol. The van der Waals surface area contributed by atoms with Crippen molar-refractivity contribution in [2.75, 3.05) is 51.7 Å². The molecule has 0 spiro atoms. The average molecular weight is 577 g/mol. The Morgan fingerprint density at radius 1 is 1.12 bits per heavy atom. The number of nitrogens with two attached hydrogens (primary N) is 2. The van der Waals surface area contributed by atoms with Gasteiger partial charge in [0.15, 0.2) is 0 Å². The number of nitrogens with zero attached hydrogens (tertiary/aromatic N) is 5. The number of hydrogen-bond donors (Lipinski definition) is 3. The lowest BCUT2D eigenvalue weighted by molar-refractivity contribution is 0.102. The Balaban J connectivity index is 1.94. The second-order valence-corrected chi connectivity index (χ2v) is 12.2. The summed E-state index contributed by atoms with van der Waals surface area (Å²) in [4.78, 5) is 18.1. The normalized spacial score (nSPS) is 12.3. The highest BCUT2D eigenvalue weighted by Gasteiger charge is 2.22. The second-order valence-electron chi connectivity index (χ2n) is 12.2. The standard InChI is InChI=1S/C32H48N8O2/c1-21-11-12-23(16-29(21)40(34)20-27(33)26-18-35-39(9)22(26)2)31(41)36-28-17-25(32(3,4)5)15-24(30(28)42-10)19-38(8)14-13-37(6)7/h11-12,15-18,20H,13-14,19,33-34H2,1-10H3,(H,36,41)/b27-20-. The summed E-state index contributed by atoms with van der Waals surface area (Å²) >= 11 is 0. The number of hydrogen-bond acceptors (Lipinski definition) is 8. The molecule has 228 valence electrons. The van der Waals surface area contributed by atoms with E-state index in [1.54, 1.807) is 36.3 Å². The van der Waals surface area contributed by atoms with Crippen LogP contribution >= 0.6 is 0 Å². The molecule has 1 aromatic heterocycles. The van der Waals surface area contributed by atoms with Gasteiger partial charge in [-0.15, -0.1) is 0 Å². The van der Waals surface area contributed by atoms with Gasteiger partial charge in [0.1, 0.15) is 5.75 Å². The smallest absolute Gasteiger partial charge is 0.255 e. The maximum atomic E-state index is 13.6. The van der Waals surface area contributed by atoms with Crippen molar-refractivity contribution in [2.45, 2.75) is 46.6 Å². The van der Waals surface area contributed by atoms with Crippen LogP contribution in [0.2, 0.25) is 0 Å². The third kappa shape index (κ3) is 7.90. The third-order valence-corrected chi connectivity index (χ3v) is 7.43. The van der Waals surface area contributed by atoms with Gasteiger partial charge in [-0.3, -0.25) is 14.5 Å². The number of methoxy groups -OCH3 is 1. The number of nitrogens with one attached hydrogen (secondary N) is 1. The molecule has 3 aromatic rings. The molecule has 1 amide bonds. The van der Waals surface area contributed by atoms with Gasteiger partial charge in [0, 0.05) is 55.3 Å². The van der Waals surface area contributed by atoms with E-state index in [2.05, 4.69) is 68.2 Å². The Hall–Kier alpha value is -3.86. The van der Waals surface area contributed by atoms with Crippen LogP contribution in [-0.2, 0) is 19.0 Å². The summed E-state index contributed by atoms with van der Waals surface area (Å²) < 4.78 is 7.63. The molecule has 0 fully saturated rings. The molecule has 3 rings (SSSR count). The molecule has 0 aliphatic carbocycles. The third-order valence-electron chi connectivity index (χ3n) is 7.43. The summed E-state index contributed by atoms with van der Waals surface area (Å²) in [5.41, 5.74) is 13.2. The number of ether oxygens (including phenoxy) is 1. The van der Waals surface area contributed by atoms with Crippen molar-refractivity contribution in [1.29, 1.82) is 0 Å². The minimum absolute atomic E-state index is 0.126. The zero-order chi connectivity index (χ0) is 31.4. The summed E-state index contributed by atoms with van der Waals surface area (Å²) in [6.45, 7) is 12.9. The lowest BCUT2D eigenvalue weighted by Gasteiger charge is -2.26. The minimum atomic E-state index is -0.263. The van der Waals surface area contributed by atoms with Gasteiger partial charge in [0.2, 0.25) is 0 Å². The van der Waals surface area contributed by atoms with E-state index in [9.17, 15) is 4.79 Å². The predicted octanol–water partition coefficient (Wildman–Crippen LogP) is 4.23. The van der Waals surface area contributed by atoms with Gasteiger partial charge in [0.05, 0.1) is 30.4 Å². The molecule has 0 aliphatic heterocycles. The van der Waals surface area contributed by atoms with Gasteiger partial charge in [-0.05, 0) is 69.7 Å². The van der Waals surface area contributed by atoms with Crippen LogP contribution in [-0.4, -0.2) is 66.8 Å². The van der Waals surface area contributed by atoms with Gasteiger partial charge in [0.25, 0.3) is 5.91 Å². The van der Waals surface area contributed by atoms with Gasteiger partial charge in [-0.25, -0.2) is 5.84 Å². The number of carbonyl (C=O) groups is 1. The van der Waals surface area contributed by atoms with Crippen LogP contribution in [0.25, 0.3) is 5.70 Å². The number of hydrazine groups is 1. The van der Waals surface area contributed by atoms with E-state index in [0.717, 1.165) is 41.0 Å². The van der Waals surface area contributed by atoms with Crippen molar-refractivity contribution in [3.63, 3.8) is 0 Å². The van der Waals surface area contributed by atoms with Gasteiger partial charge in [-0.2, -0.15) is 5.10 Å². The van der Waals surface area contributed by atoms with Crippen molar-refractivity contribution in [3.05, 3.63) is 76.2 Å². The zero-order valence-corrected chi connectivity index (χ0v) is 26.9. The molecule has 42 heavy (non-hydrogen) atoms. The van der Waals surface area contributed by atoms with Crippen molar-refractivity contribution in [1.82, 2.24) is 19.6 Å². The number of carbonyl (C=O) groups excluding carboxylic acids is 1. The van der Waals surface area contributed by atoms with Crippen LogP contribution in [0.3, 0.4) is 0 Å². The van der Waals surface area contributed by atoms with E-state index >= 15 is 0 Å². The number of anilines is 2. The summed E-state index contributed by atoms with van der Waals surface area (Å²) in [6.07, 6.45) is 3.35. The van der Waals surface area contributed by atoms with Crippen LogP contribution in [0, 0.1) is 13.8 Å². The Morgan fingerprint density at radius 2 is 1.81 bits per heavy atom. The molecule has 10 heteroatoms. The van der Waals surface area contributed by atoms with Gasteiger partial charge >= 0.3 is 0 Å². The number of amides is 1. The molecule has 1 heterocycles. The van der Waals surface area contributed by atoms with Crippen molar-refractivity contribution < 1.29 is 9.53 Å². The van der Waals surface area contributed by atoms with E-state index in [0.29, 0.717) is 34.9 Å². The quantitative estimate of drug-likeness (QED) is 0.229. The first kappa shape index (κ1) is 32.7. The molecule has 5 N–H and O–H groups in total. The van der Waals surface area contributed by atoms with E-state index < -0.39 is 0 Å². The Bertz CT molecular complexity index is 1430. The van der Waals surface area contributed by atoms with Crippen molar-refractivity contribution in [3.8, 4) is 5.75 Å². The van der Waals surface area contributed by atoms with E-state index in [1.807, 2.05) is 33.0 Å².